The van der Waals surface area contributed by atoms with Gasteiger partial charge in [-0.1, -0.05) is 35.9 Å². The molecule has 1 fully saturated rings. The third-order valence-corrected chi connectivity index (χ3v) is 5.96. The third-order valence-electron chi connectivity index (χ3n) is 5.64. The first kappa shape index (κ1) is 19.3. The lowest BCUT2D eigenvalue weighted by Crippen LogP contribution is -2.32. The molecule has 0 bridgehead atoms. The Kier molecular flexibility index (Phi) is 6.18. The molecule has 1 aliphatic heterocycles. The van der Waals surface area contributed by atoms with Crippen LogP contribution in [0.4, 0.5) is 0 Å². The van der Waals surface area contributed by atoms with Crippen LogP contribution in [0.25, 0.3) is 11.0 Å². The molecule has 2 aromatic carbocycles. The molecular weight excluding hydrogens is 370 g/mol. The minimum atomic E-state index is 0.421. The molecule has 1 saturated heterocycles. The number of likely N-dealkylation sites (tertiary alicyclic amines) is 1. The Morgan fingerprint density at radius 3 is 2.82 bits per heavy atom. The third kappa shape index (κ3) is 4.50. The molecule has 0 amide bonds. The first-order chi connectivity index (χ1) is 13.7. The van der Waals surface area contributed by atoms with Crippen LogP contribution in [-0.2, 0) is 13.2 Å². The van der Waals surface area contributed by atoms with Crippen LogP contribution in [0.15, 0.2) is 48.5 Å². The minimum Gasteiger partial charge on any atom is -0.484 e. The van der Waals surface area contributed by atoms with Gasteiger partial charge in [-0.15, -0.1) is 0 Å². The average Bonchev–Trinajstić information content (AvgIpc) is 3.05. The van der Waals surface area contributed by atoms with E-state index in [1.807, 2.05) is 30.3 Å². The quantitative estimate of drug-likeness (QED) is 0.535. The van der Waals surface area contributed by atoms with Crippen molar-refractivity contribution in [1.29, 1.82) is 0 Å². The summed E-state index contributed by atoms with van der Waals surface area (Å²) >= 11 is 6.23. The molecule has 4 nitrogen and oxygen atoms in total. The SMILES string of the molecule is CN1CCCC(CCCn2c(COc3ccccc3Cl)nc3ccccc32)C1. The molecule has 1 aromatic heterocycles. The largest absolute Gasteiger partial charge is 0.484 e. The molecule has 1 unspecified atom stereocenters. The number of ether oxygens (including phenoxy) is 1. The zero-order valence-electron chi connectivity index (χ0n) is 16.5. The lowest BCUT2D eigenvalue weighted by atomic mass is 9.94. The number of halogens is 1. The van der Waals surface area contributed by atoms with E-state index in [0.717, 1.165) is 30.2 Å². The van der Waals surface area contributed by atoms with Gasteiger partial charge < -0.3 is 14.2 Å². The molecule has 2 heterocycles. The number of hydrogen-bond acceptors (Lipinski definition) is 3. The van der Waals surface area contributed by atoms with Gasteiger partial charge in [0.1, 0.15) is 18.2 Å². The van der Waals surface area contributed by atoms with Crippen molar-refractivity contribution in [2.24, 2.45) is 5.92 Å². The molecule has 148 valence electrons. The van der Waals surface area contributed by atoms with Crippen LogP contribution in [0.5, 0.6) is 5.75 Å². The van der Waals surface area contributed by atoms with Crippen molar-refractivity contribution in [1.82, 2.24) is 14.5 Å². The number of aromatic nitrogens is 2. The molecule has 0 radical (unpaired) electrons. The van der Waals surface area contributed by atoms with Crippen molar-refractivity contribution in [2.45, 2.75) is 38.8 Å². The molecule has 0 spiro atoms. The van der Waals surface area contributed by atoms with Gasteiger partial charge in [0, 0.05) is 13.1 Å². The van der Waals surface area contributed by atoms with Crippen LogP contribution in [0, 0.1) is 5.92 Å². The Morgan fingerprint density at radius 1 is 1.14 bits per heavy atom. The highest BCUT2D eigenvalue weighted by Crippen LogP contribution is 2.26. The zero-order chi connectivity index (χ0) is 19.3. The highest BCUT2D eigenvalue weighted by atomic mass is 35.5. The second kappa shape index (κ2) is 8.97. The van der Waals surface area contributed by atoms with E-state index in [0.29, 0.717) is 17.4 Å². The van der Waals surface area contributed by atoms with Crippen LogP contribution in [-0.4, -0.2) is 34.6 Å². The maximum atomic E-state index is 6.23. The fourth-order valence-electron chi connectivity index (χ4n) is 4.24. The predicted molar refractivity (Wildman–Crippen MR) is 115 cm³/mol. The number of hydrogen-bond donors (Lipinski definition) is 0. The van der Waals surface area contributed by atoms with Crippen molar-refractivity contribution in [2.75, 3.05) is 20.1 Å². The van der Waals surface area contributed by atoms with Gasteiger partial charge in [-0.3, -0.25) is 0 Å². The standard InChI is InChI=1S/C23H28ClN3O/c1-26-14-6-8-18(16-26)9-7-15-27-21-12-4-3-11-20(21)25-23(27)17-28-22-13-5-2-10-19(22)24/h2-5,10-13,18H,6-9,14-17H2,1H3. The van der Waals surface area contributed by atoms with E-state index < -0.39 is 0 Å². The second-order valence-electron chi connectivity index (χ2n) is 7.80. The van der Waals surface area contributed by atoms with Crippen molar-refractivity contribution < 1.29 is 4.74 Å². The summed E-state index contributed by atoms with van der Waals surface area (Å²) in [6.45, 7) is 3.87. The van der Waals surface area contributed by atoms with E-state index >= 15 is 0 Å². The fourth-order valence-corrected chi connectivity index (χ4v) is 4.43. The molecular formula is C23H28ClN3O. The normalized spacial score (nSPS) is 17.9. The molecule has 0 aliphatic carbocycles. The summed E-state index contributed by atoms with van der Waals surface area (Å²) < 4.78 is 8.30. The Labute approximate surface area is 172 Å². The summed E-state index contributed by atoms with van der Waals surface area (Å²) in [6, 6.07) is 15.9. The summed E-state index contributed by atoms with van der Waals surface area (Å²) in [7, 11) is 2.24. The number of imidazole rings is 1. The molecule has 4 rings (SSSR count). The summed E-state index contributed by atoms with van der Waals surface area (Å²) in [5, 5.41) is 0.631. The van der Waals surface area contributed by atoms with Crippen LogP contribution < -0.4 is 4.74 Å². The lowest BCUT2D eigenvalue weighted by molar-refractivity contribution is 0.198. The number of aryl methyl sites for hydroxylation is 1. The van der Waals surface area contributed by atoms with E-state index in [2.05, 4.69) is 34.7 Å². The summed E-state index contributed by atoms with van der Waals surface area (Å²) in [5.41, 5.74) is 2.21. The Balaban J connectivity index is 1.46. The zero-order valence-corrected chi connectivity index (χ0v) is 17.2. The monoisotopic (exact) mass is 397 g/mol. The molecule has 5 heteroatoms. The number of fused-ring (bicyclic) bond motifs is 1. The summed E-state index contributed by atoms with van der Waals surface area (Å²) in [5.74, 6) is 2.48. The molecule has 0 saturated carbocycles. The van der Waals surface area contributed by atoms with E-state index in [1.54, 1.807) is 0 Å². The van der Waals surface area contributed by atoms with Crippen molar-refractivity contribution >= 4 is 22.6 Å². The molecule has 1 aliphatic rings. The van der Waals surface area contributed by atoms with E-state index in [1.165, 1.54) is 37.9 Å². The van der Waals surface area contributed by atoms with Crippen LogP contribution >= 0.6 is 11.6 Å². The van der Waals surface area contributed by atoms with E-state index in [-0.39, 0.29) is 0 Å². The Morgan fingerprint density at radius 2 is 1.96 bits per heavy atom. The fraction of sp³-hybridized carbons (Fsp3) is 0.435. The van der Waals surface area contributed by atoms with Crippen LogP contribution in [0.3, 0.4) is 0 Å². The number of para-hydroxylation sites is 3. The maximum absolute atomic E-state index is 6.23. The first-order valence-electron chi connectivity index (χ1n) is 10.2. The molecule has 0 N–H and O–H groups in total. The van der Waals surface area contributed by atoms with Gasteiger partial charge in [-0.2, -0.15) is 0 Å². The van der Waals surface area contributed by atoms with Gasteiger partial charge in [0.2, 0.25) is 0 Å². The highest BCUT2D eigenvalue weighted by Gasteiger charge is 2.17. The summed E-state index contributed by atoms with van der Waals surface area (Å²) in [6.07, 6.45) is 5.11. The van der Waals surface area contributed by atoms with Crippen molar-refractivity contribution in [3.8, 4) is 5.75 Å². The molecule has 28 heavy (non-hydrogen) atoms. The topological polar surface area (TPSA) is 30.3 Å². The number of benzene rings is 2. The average molecular weight is 398 g/mol. The molecule has 3 aromatic rings. The Bertz CT molecular complexity index is 923. The van der Waals surface area contributed by atoms with Gasteiger partial charge in [-0.05, 0) is 69.5 Å². The molecule has 1 atom stereocenters. The van der Waals surface area contributed by atoms with Crippen molar-refractivity contribution in [3.63, 3.8) is 0 Å². The summed E-state index contributed by atoms with van der Waals surface area (Å²) in [4.78, 5) is 7.28. The smallest absolute Gasteiger partial charge is 0.147 e. The number of piperidine rings is 1. The second-order valence-corrected chi connectivity index (χ2v) is 8.21. The number of nitrogens with zero attached hydrogens (tertiary/aromatic N) is 3. The lowest BCUT2D eigenvalue weighted by Gasteiger charge is -2.29. The highest BCUT2D eigenvalue weighted by molar-refractivity contribution is 6.32. The predicted octanol–water partition coefficient (Wildman–Crippen LogP) is 5.39. The van der Waals surface area contributed by atoms with Gasteiger partial charge in [0.05, 0.1) is 16.1 Å². The Hall–Kier alpha value is -2.04. The van der Waals surface area contributed by atoms with E-state index in [4.69, 9.17) is 21.3 Å². The van der Waals surface area contributed by atoms with Gasteiger partial charge in [0.25, 0.3) is 0 Å². The first-order valence-corrected chi connectivity index (χ1v) is 10.6. The van der Waals surface area contributed by atoms with Crippen molar-refractivity contribution in [3.05, 3.63) is 59.4 Å². The maximum Gasteiger partial charge on any atom is 0.147 e. The van der Waals surface area contributed by atoms with E-state index in [9.17, 15) is 0 Å². The number of rotatable bonds is 7. The van der Waals surface area contributed by atoms with Crippen LogP contribution in [0.1, 0.15) is 31.5 Å². The van der Waals surface area contributed by atoms with Gasteiger partial charge >= 0.3 is 0 Å². The van der Waals surface area contributed by atoms with Gasteiger partial charge in [-0.25, -0.2) is 4.98 Å². The van der Waals surface area contributed by atoms with Crippen LogP contribution in [0.2, 0.25) is 5.02 Å². The minimum absolute atomic E-state index is 0.421. The van der Waals surface area contributed by atoms with Gasteiger partial charge in [0.15, 0.2) is 0 Å².